The zero-order chi connectivity index (χ0) is 24.7. The van der Waals surface area contributed by atoms with Crippen molar-refractivity contribution in [3.63, 3.8) is 0 Å². The van der Waals surface area contributed by atoms with Crippen LogP contribution in [0.3, 0.4) is 0 Å². The van der Waals surface area contributed by atoms with Crippen molar-refractivity contribution < 1.29 is 31.1 Å². The van der Waals surface area contributed by atoms with Gasteiger partial charge in [-0.1, -0.05) is 48.0 Å². The van der Waals surface area contributed by atoms with Gasteiger partial charge in [-0.15, -0.1) is 0 Å². The minimum absolute atomic E-state index is 0.108. The highest BCUT2D eigenvalue weighted by Gasteiger charge is 2.48. The fourth-order valence-electron chi connectivity index (χ4n) is 4.23. The SMILES string of the molecule is COc1ccc(S(=O)(=O)N2C(=O)C[C@H](c3cccc(C(F)(F)F)c3)[C@@H]2c2ccc(C)cc2)cc1. The van der Waals surface area contributed by atoms with Crippen molar-refractivity contribution in [2.24, 2.45) is 0 Å². The molecule has 0 saturated carbocycles. The zero-order valence-corrected chi connectivity index (χ0v) is 19.2. The van der Waals surface area contributed by atoms with E-state index >= 15 is 0 Å². The monoisotopic (exact) mass is 489 g/mol. The highest BCUT2D eigenvalue weighted by atomic mass is 32.2. The van der Waals surface area contributed by atoms with Gasteiger partial charge in [0.1, 0.15) is 5.75 Å². The number of alkyl halides is 3. The third kappa shape index (κ3) is 4.40. The first-order chi connectivity index (χ1) is 16.0. The molecule has 3 aromatic carbocycles. The van der Waals surface area contributed by atoms with E-state index in [1.807, 2.05) is 6.92 Å². The van der Waals surface area contributed by atoms with Crippen LogP contribution < -0.4 is 4.74 Å². The van der Waals surface area contributed by atoms with E-state index in [-0.39, 0.29) is 16.9 Å². The second-order valence-corrected chi connectivity index (χ2v) is 9.97. The zero-order valence-electron chi connectivity index (χ0n) is 18.4. The van der Waals surface area contributed by atoms with Crippen LogP contribution in [-0.4, -0.2) is 25.7 Å². The van der Waals surface area contributed by atoms with Gasteiger partial charge in [0, 0.05) is 12.3 Å². The van der Waals surface area contributed by atoms with Gasteiger partial charge in [0.05, 0.1) is 23.6 Å². The molecule has 178 valence electrons. The minimum atomic E-state index is -4.56. The average molecular weight is 490 g/mol. The molecule has 1 fully saturated rings. The maximum atomic E-state index is 13.6. The maximum absolute atomic E-state index is 13.6. The molecule has 5 nitrogen and oxygen atoms in total. The summed E-state index contributed by atoms with van der Waals surface area (Å²) in [5.41, 5.74) is 0.849. The summed E-state index contributed by atoms with van der Waals surface area (Å²) < 4.78 is 73.1. The number of methoxy groups -OCH3 is 1. The molecule has 0 spiro atoms. The van der Waals surface area contributed by atoms with Gasteiger partial charge in [0.25, 0.3) is 10.0 Å². The number of hydrogen-bond acceptors (Lipinski definition) is 4. The molecule has 2 atom stereocenters. The highest BCUT2D eigenvalue weighted by molar-refractivity contribution is 7.89. The predicted molar refractivity (Wildman–Crippen MR) is 120 cm³/mol. The predicted octanol–water partition coefficient (Wildman–Crippen LogP) is 5.47. The van der Waals surface area contributed by atoms with Crippen LogP contribution in [0.15, 0.2) is 77.7 Å². The van der Waals surface area contributed by atoms with E-state index in [1.165, 1.54) is 43.5 Å². The normalized spacial score (nSPS) is 18.9. The first-order valence-electron chi connectivity index (χ1n) is 10.5. The number of nitrogens with zero attached hydrogens (tertiary/aromatic N) is 1. The number of aryl methyl sites for hydroxylation is 1. The Kier molecular flexibility index (Phi) is 6.16. The lowest BCUT2D eigenvalue weighted by Gasteiger charge is -2.29. The Labute approximate surface area is 195 Å². The van der Waals surface area contributed by atoms with Crippen LogP contribution >= 0.6 is 0 Å². The maximum Gasteiger partial charge on any atom is 0.416 e. The summed E-state index contributed by atoms with van der Waals surface area (Å²) in [7, 11) is -2.85. The summed E-state index contributed by atoms with van der Waals surface area (Å²) in [6.07, 6.45) is -4.80. The van der Waals surface area contributed by atoms with E-state index < -0.39 is 39.6 Å². The number of benzene rings is 3. The molecule has 1 aliphatic heterocycles. The molecule has 34 heavy (non-hydrogen) atoms. The summed E-state index contributed by atoms with van der Waals surface area (Å²) in [4.78, 5) is 13.0. The van der Waals surface area contributed by atoms with Crippen LogP contribution in [0.5, 0.6) is 5.75 Å². The van der Waals surface area contributed by atoms with Gasteiger partial charge in [-0.25, -0.2) is 12.7 Å². The Balaban J connectivity index is 1.84. The molecule has 0 radical (unpaired) electrons. The topological polar surface area (TPSA) is 63.7 Å². The Morgan fingerprint density at radius 2 is 1.59 bits per heavy atom. The molecule has 0 bridgehead atoms. The van der Waals surface area contributed by atoms with Crippen molar-refractivity contribution in [1.29, 1.82) is 0 Å². The number of halogens is 3. The lowest BCUT2D eigenvalue weighted by Crippen LogP contribution is -2.35. The Bertz CT molecular complexity index is 1300. The third-order valence-corrected chi connectivity index (χ3v) is 7.77. The van der Waals surface area contributed by atoms with Gasteiger partial charge in [0.2, 0.25) is 5.91 Å². The molecule has 1 heterocycles. The first-order valence-corrected chi connectivity index (χ1v) is 11.9. The van der Waals surface area contributed by atoms with Crippen LogP contribution in [0, 0.1) is 6.92 Å². The summed E-state index contributed by atoms with van der Waals surface area (Å²) in [5, 5.41) is 0. The van der Waals surface area contributed by atoms with Crippen LogP contribution in [0.25, 0.3) is 0 Å². The van der Waals surface area contributed by atoms with Gasteiger partial charge >= 0.3 is 6.18 Å². The van der Waals surface area contributed by atoms with E-state index in [2.05, 4.69) is 0 Å². The van der Waals surface area contributed by atoms with E-state index in [1.54, 1.807) is 24.3 Å². The smallest absolute Gasteiger partial charge is 0.416 e. The number of hydrogen-bond donors (Lipinski definition) is 0. The fourth-order valence-corrected chi connectivity index (χ4v) is 5.85. The minimum Gasteiger partial charge on any atom is -0.497 e. The molecule has 9 heteroatoms. The Morgan fingerprint density at radius 1 is 0.941 bits per heavy atom. The molecule has 4 rings (SSSR count). The van der Waals surface area contributed by atoms with Crippen LogP contribution in [0.4, 0.5) is 13.2 Å². The quantitative estimate of drug-likeness (QED) is 0.477. The Morgan fingerprint density at radius 3 is 2.18 bits per heavy atom. The van der Waals surface area contributed by atoms with Crippen molar-refractivity contribution >= 4 is 15.9 Å². The van der Waals surface area contributed by atoms with Crippen molar-refractivity contribution in [3.8, 4) is 5.75 Å². The summed E-state index contributed by atoms with van der Waals surface area (Å²) >= 11 is 0. The van der Waals surface area contributed by atoms with Crippen molar-refractivity contribution in [2.45, 2.75) is 36.4 Å². The largest absolute Gasteiger partial charge is 0.497 e. The summed E-state index contributed by atoms with van der Waals surface area (Å²) in [6.45, 7) is 1.86. The van der Waals surface area contributed by atoms with Gasteiger partial charge in [-0.05, 0) is 48.4 Å². The molecule has 0 aromatic heterocycles. The number of sulfonamides is 1. The summed E-state index contributed by atoms with van der Waals surface area (Å²) in [5.74, 6) is -1.02. The first kappa shape index (κ1) is 23.8. The molecule has 3 aromatic rings. The summed E-state index contributed by atoms with van der Waals surface area (Å²) in [6, 6.07) is 16.3. The molecular formula is C25H22F3NO4S. The molecule has 0 aliphatic carbocycles. The van der Waals surface area contributed by atoms with Crippen molar-refractivity contribution in [2.75, 3.05) is 7.11 Å². The lowest BCUT2D eigenvalue weighted by molar-refractivity contribution is -0.137. The number of carbonyl (C=O) groups excluding carboxylic acids is 1. The molecule has 0 N–H and O–H groups in total. The Hall–Kier alpha value is -3.33. The van der Waals surface area contributed by atoms with E-state index in [4.69, 9.17) is 4.74 Å². The number of ether oxygens (including phenoxy) is 1. The third-order valence-electron chi connectivity index (χ3n) is 5.95. The molecule has 1 saturated heterocycles. The molecular weight excluding hydrogens is 467 g/mol. The second kappa shape index (κ2) is 8.79. The number of carbonyl (C=O) groups is 1. The molecule has 0 unspecified atom stereocenters. The lowest BCUT2D eigenvalue weighted by atomic mass is 9.87. The highest BCUT2D eigenvalue weighted by Crippen LogP contribution is 2.48. The van der Waals surface area contributed by atoms with Crippen LogP contribution in [0.1, 0.15) is 40.6 Å². The van der Waals surface area contributed by atoms with Gasteiger partial charge in [-0.3, -0.25) is 4.79 Å². The van der Waals surface area contributed by atoms with Crippen molar-refractivity contribution in [1.82, 2.24) is 4.31 Å². The van der Waals surface area contributed by atoms with Crippen LogP contribution in [0.2, 0.25) is 0 Å². The van der Waals surface area contributed by atoms with Gasteiger partial charge in [-0.2, -0.15) is 13.2 Å². The van der Waals surface area contributed by atoms with Crippen molar-refractivity contribution in [3.05, 3.63) is 95.1 Å². The van der Waals surface area contributed by atoms with E-state index in [9.17, 15) is 26.4 Å². The number of rotatable bonds is 5. The van der Waals surface area contributed by atoms with Gasteiger partial charge < -0.3 is 4.74 Å². The second-order valence-electron chi connectivity index (χ2n) is 8.16. The van der Waals surface area contributed by atoms with E-state index in [0.717, 1.165) is 22.0 Å². The van der Waals surface area contributed by atoms with Crippen LogP contribution in [-0.2, 0) is 21.0 Å². The molecule has 1 amide bonds. The fraction of sp³-hybridized carbons (Fsp3) is 0.240. The molecule has 1 aliphatic rings. The van der Waals surface area contributed by atoms with E-state index in [0.29, 0.717) is 11.3 Å². The standard InChI is InChI=1S/C25H22F3NO4S/c1-16-6-8-17(9-7-16)24-22(18-4-3-5-19(14-18)25(26,27)28)15-23(30)29(24)34(31,32)21-12-10-20(33-2)11-13-21/h3-14,22,24H,15H2,1-2H3/t22-,24+/m1/s1. The average Bonchev–Trinajstić information content (AvgIpc) is 3.17. The van der Waals surface area contributed by atoms with Gasteiger partial charge in [0.15, 0.2) is 0 Å². The number of amides is 1.